The topological polar surface area (TPSA) is 52.0 Å². The summed E-state index contributed by atoms with van der Waals surface area (Å²) >= 11 is 0. The number of hydrogen-bond acceptors (Lipinski definition) is 4. The van der Waals surface area contributed by atoms with Gasteiger partial charge in [0.15, 0.2) is 0 Å². The standard InChI is InChI=1S/C19H22N4O/c1-13-16(12-22-23(13)2)19-17(8-10-24-19)21-11-15-6-3-5-14-7-4-9-20-18(14)15/h3-7,9,12,17,19,21H,8,10-11H2,1-2H3/t17-,19+/m0/s1. The summed E-state index contributed by atoms with van der Waals surface area (Å²) in [6, 6.07) is 10.7. The molecule has 2 atom stereocenters. The van der Waals surface area contributed by atoms with E-state index in [0.717, 1.165) is 25.1 Å². The van der Waals surface area contributed by atoms with Crippen molar-refractivity contribution in [2.45, 2.75) is 32.0 Å². The zero-order valence-corrected chi connectivity index (χ0v) is 14.1. The highest BCUT2D eigenvalue weighted by atomic mass is 16.5. The lowest BCUT2D eigenvalue weighted by atomic mass is 10.0. The highest BCUT2D eigenvalue weighted by Gasteiger charge is 2.31. The number of rotatable bonds is 4. The van der Waals surface area contributed by atoms with Crippen LogP contribution in [0.25, 0.3) is 10.9 Å². The zero-order chi connectivity index (χ0) is 16.5. The fraction of sp³-hybridized carbons (Fsp3) is 0.368. The Labute approximate surface area is 141 Å². The lowest BCUT2D eigenvalue weighted by Gasteiger charge is -2.20. The molecule has 3 heterocycles. The molecule has 0 amide bonds. The molecule has 0 spiro atoms. The predicted octanol–water partition coefficient (Wildman–Crippen LogP) is 2.90. The lowest BCUT2D eigenvalue weighted by molar-refractivity contribution is 0.0979. The number of aromatic nitrogens is 3. The van der Waals surface area contributed by atoms with E-state index in [4.69, 9.17) is 4.74 Å². The summed E-state index contributed by atoms with van der Waals surface area (Å²) in [4.78, 5) is 4.54. The summed E-state index contributed by atoms with van der Waals surface area (Å²) in [6.07, 6.45) is 4.87. The first-order valence-corrected chi connectivity index (χ1v) is 8.40. The summed E-state index contributed by atoms with van der Waals surface area (Å²) in [5.74, 6) is 0. The fourth-order valence-electron chi connectivity index (χ4n) is 3.45. The summed E-state index contributed by atoms with van der Waals surface area (Å²) in [7, 11) is 1.97. The number of para-hydroxylation sites is 1. The number of fused-ring (bicyclic) bond motifs is 1. The zero-order valence-electron chi connectivity index (χ0n) is 14.1. The van der Waals surface area contributed by atoms with E-state index in [1.807, 2.05) is 30.2 Å². The van der Waals surface area contributed by atoms with Crippen LogP contribution in [0.15, 0.2) is 42.7 Å². The molecule has 3 aromatic rings. The average molecular weight is 322 g/mol. The van der Waals surface area contributed by atoms with Crippen LogP contribution in [0.5, 0.6) is 0 Å². The van der Waals surface area contributed by atoms with Gasteiger partial charge in [-0.05, 0) is 25.0 Å². The molecule has 4 rings (SSSR count). The Morgan fingerprint density at radius 2 is 2.17 bits per heavy atom. The molecule has 0 aliphatic carbocycles. The number of nitrogens with one attached hydrogen (secondary N) is 1. The van der Waals surface area contributed by atoms with Crippen LogP contribution in [0.2, 0.25) is 0 Å². The Bertz CT molecular complexity index is 852. The fourth-order valence-corrected chi connectivity index (χ4v) is 3.45. The minimum atomic E-state index is 0.0710. The average Bonchev–Trinajstić information content (AvgIpc) is 3.20. The van der Waals surface area contributed by atoms with E-state index < -0.39 is 0 Å². The quantitative estimate of drug-likeness (QED) is 0.802. The third kappa shape index (κ3) is 2.70. The van der Waals surface area contributed by atoms with Crippen molar-refractivity contribution >= 4 is 10.9 Å². The Morgan fingerprint density at radius 1 is 1.29 bits per heavy atom. The van der Waals surface area contributed by atoms with E-state index in [1.165, 1.54) is 22.2 Å². The van der Waals surface area contributed by atoms with Gasteiger partial charge in [-0.2, -0.15) is 5.10 Å². The number of nitrogens with zero attached hydrogens (tertiary/aromatic N) is 3. The molecule has 5 nitrogen and oxygen atoms in total. The molecular weight excluding hydrogens is 300 g/mol. The smallest absolute Gasteiger partial charge is 0.101 e. The van der Waals surface area contributed by atoms with Crippen LogP contribution in [-0.2, 0) is 18.3 Å². The van der Waals surface area contributed by atoms with Crippen LogP contribution in [0.3, 0.4) is 0 Å². The maximum Gasteiger partial charge on any atom is 0.101 e. The van der Waals surface area contributed by atoms with Crippen LogP contribution in [0.1, 0.15) is 29.3 Å². The molecule has 2 aromatic heterocycles. The summed E-state index contributed by atoms with van der Waals surface area (Å²) in [5.41, 5.74) is 4.64. The number of pyridine rings is 1. The molecule has 0 saturated carbocycles. The molecule has 1 aliphatic rings. The van der Waals surface area contributed by atoms with Gasteiger partial charge in [0.25, 0.3) is 0 Å². The first-order chi connectivity index (χ1) is 11.7. The van der Waals surface area contributed by atoms with Crippen molar-refractivity contribution in [3.05, 3.63) is 59.5 Å². The van der Waals surface area contributed by atoms with Gasteiger partial charge in [0.05, 0.1) is 11.7 Å². The van der Waals surface area contributed by atoms with Crippen LogP contribution in [0.4, 0.5) is 0 Å². The highest BCUT2D eigenvalue weighted by molar-refractivity contribution is 5.81. The lowest BCUT2D eigenvalue weighted by Crippen LogP contribution is -2.31. The van der Waals surface area contributed by atoms with Crippen molar-refractivity contribution in [1.82, 2.24) is 20.1 Å². The van der Waals surface area contributed by atoms with E-state index in [2.05, 4.69) is 46.6 Å². The maximum atomic E-state index is 5.99. The third-order valence-electron chi connectivity index (χ3n) is 4.94. The van der Waals surface area contributed by atoms with Crippen molar-refractivity contribution in [1.29, 1.82) is 0 Å². The molecule has 5 heteroatoms. The van der Waals surface area contributed by atoms with Crippen molar-refractivity contribution in [3.63, 3.8) is 0 Å². The molecule has 1 aliphatic heterocycles. The van der Waals surface area contributed by atoms with E-state index >= 15 is 0 Å². The second kappa shape index (κ2) is 6.34. The summed E-state index contributed by atoms with van der Waals surface area (Å²) < 4.78 is 7.90. The van der Waals surface area contributed by atoms with E-state index in [1.54, 1.807) is 0 Å². The van der Waals surface area contributed by atoms with Gasteiger partial charge >= 0.3 is 0 Å². The Hall–Kier alpha value is -2.24. The second-order valence-corrected chi connectivity index (χ2v) is 6.37. The SMILES string of the molecule is Cc1c([C@H]2OCC[C@@H]2NCc2cccc3cccnc23)cnn1C. The van der Waals surface area contributed by atoms with Crippen molar-refractivity contribution in [3.8, 4) is 0 Å². The van der Waals surface area contributed by atoms with Crippen LogP contribution < -0.4 is 5.32 Å². The summed E-state index contributed by atoms with van der Waals surface area (Å²) in [5, 5.41) is 9.21. The predicted molar refractivity (Wildman–Crippen MR) is 93.6 cm³/mol. The van der Waals surface area contributed by atoms with Gasteiger partial charge in [0.2, 0.25) is 0 Å². The Kier molecular flexibility index (Phi) is 4.04. The molecule has 1 fully saturated rings. The number of aryl methyl sites for hydroxylation is 1. The van der Waals surface area contributed by atoms with Crippen LogP contribution in [-0.4, -0.2) is 27.4 Å². The Morgan fingerprint density at radius 3 is 3.00 bits per heavy atom. The molecule has 1 saturated heterocycles. The van der Waals surface area contributed by atoms with Crippen LogP contribution >= 0.6 is 0 Å². The Balaban J connectivity index is 1.53. The molecule has 1 aromatic carbocycles. The highest BCUT2D eigenvalue weighted by Crippen LogP contribution is 2.31. The van der Waals surface area contributed by atoms with E-state index in [9.17, 15) is 0 Å². The van der Waals surface area contributed by atoms with E-state index in [-0.39, 0.29) is 6.10 Å². The minimum absolute atomic E-state index is 0.0710. The molecule has 24 heavy (non-hydrogen) atoms. The normalized spacial score (nSPS) is 20.8. The molecule has 124 valence electrons. The van der Waals surface area contributed by atoms with E-state index in [0.29, 0.717) is 6.04 Å². The van der Waals surface area contributed by atoms with Gasteiger partial charge in [-0.1, -0.05) is 24.3 Å². The van der Waals surface area contributed by atoms with Gasteiger partial charge in [0.1, 0.15) is 6.10 Å². The van der Waals surface area contributed by atoms with Crippen molar-refractivity contribution in [2.24, 2.45) is 7.05 Å². The molecule has 0 unspecified atom stereocenters. The van der Waals surface area contributed by atoms with Gasteiger partial charge < -0.3 is 10.1 Å². The van der Waals surface area contributed by atoms with Gasteiger partial charge in [-0.15, -0.1) is 0 Å². The third-order valence-corrected chi connectivity index (χ3v) is 4.94. The minimum Gasteiger partial charge on any atom is -0.372 e. The van der Waals surface area contributed by atoms with Crippen LogP contribution in [0, 0.1) is 6.92 Å². The monoisotopic (exact) mass is 322 g/mol. The number of hydrogen-bond donors (Lipinski definition) is 1. The first-order valence-electron chi connectivity index (χ1n) is 8.40. The van der Waals surface area contributed by atoms with Gasteiger partial charge in [-0.25, -0.2) is 0 Å². The van der Waals surface area contributed by atoms with Gasteiger partial charge in [0, 0.05) is 49.1 Å². The van der Waals surface area contributed by atoms with Crippen molar-refractivity contribution in [2.75, 3.05) is 6.61 Å². The molecule has 0 bridgehead atoms. The molecular formula is C19H22N4O. The molecule has 1 N–H and O–H groups in total. The van der Waals surface area contributed by atoms with Gasteiger partial charge in [-0.3, -0.25) is 9.67 Å². The second-order valence-electron chi connectivity index (χ2n) is 6.37. The number of ether oxygens (including phenoxy) is 1. The maximum absolute atomic E-state index is 5.99. The first kappa shape index (κ1) is 15.3. The van der Waals surface area contributed by atoms with Crippen molar-refractivity contribution < 1.29 is 4.74 Å². The summed E-state index contributed by atoms with van der Waals surface area (Å²) in [6.45, 7) is 3.67. The number of benzene rings is 1. The largest absolute Gasteiger partial charge is 0.372 e. The molecule has 0 radical (unpaired) electrons.